The molecule has 0 spiro atoms. The zero-order valence-electron chi connectivity index (χ0n) is 25.4. The Kier molecular flexibility index (Phi) is 8.52. The lowest BCUT2D eigenvalue weighted by molar-refractivity contribution is -0.127. The van der Waals surface area contributed by atoms with Gasteiger partial charge in [0.15, 0.2) is 5.13 Å². The van der Waals surface area contributed by atoms with Crippen molar-refractivity contribution < 1.29 is 18.6 Å². The number of thiazole rings is 1. The van der Waals surface area contributed by atoms with Gasteiger partial charge in [-0.05, 0) is 48.9 Å². The average Bonchev–Trinajstić information content (AvgIpc) is 3.71. The van der Waals surface area contributed by atoms with Crippen LogP contribution >= 0.6 is 21.9 Å². The van der Waals surface area contributed by atoms with Crippen molar-refractivity contribution in [2.24, 2.45) is 5.92 Å². The van der Waals surface area contributed by atoms with Gasteiger partial charge >= 0.3 is 0 Å². The first-order chi connectivity index (χ1) is 21.8. The molecule has 1 aromatic heterocycles. The first-order valence-corrected chi connectivity index (χ1v) is 18.8. The molecule has 2 aromatic carbocycles. The molecule has 4 fully saturated rings. The lowest BCUT2D eigenvalue weighted by Crippen LogP contribution is -2.42. The molecule has 3 aromatic rings. The summed E-state index contributed by atoms with van der Waals surface area (Å²) >= 11 is 1.69. The van der Waals surface area contributed by atoms with Crippen molar-refractivity contribution >= 4 is 38.7 Å². The van der Waals surface area contributed by atoms with Crippen LogP contribution in [0.2, 0.25) is 0 Å². The van der Waals surface area contributed by atoms with Gasteiger partial charge in [-0.3, -0.25) is 13.9 Å². The summed E-state index contributed by atoms with van der Waals surface area (Å²) in [6.07, 6.45) is 5.14. The number of rotatable bonds is 7. The average molecular weight is 648 g/mol. The Labute approximate surface area is 270 Å². The summed E-state index contributed by atoms with van der Waals surface area (Å²) in [5.74, 6) is 0.553. The molecular formula is C34H41N5O4S2. The van der Waals surface area contributed by atoms with Gasteiger partial charge in [0.1, 0.15) is 11.6 Å². The standard InChI is InChI=1S/C34H41N5O4S2/c35-23-34(14-15-34)37-32(40)28-9-5-4-8-27(28)30-31(25-10-12-26(13-11-25)38-17-20-45(41,42)21-18-38)44-33(36-30)39-16-19-43-29(22-39)24-6-2-1-3-7-24/h1-3,6-7,10-13,27-29,41-42H,4-5,8-9,14-22H2,(H,37,40)/t27-,28-,29?/m1/s1. The number of morpholine rings is 1. The van der Waals surface area contributed by atoms with Gasteiger partial charge in [0.05, 0.1) is 41.3 Å². The van der Waals surface area contributed by atoms with Gasteiger partial charge < -0.3 is 19.9 Å². The van der Waals surface area contributed by atoms with Crippen LogP contribution in [0.3, 0.4) is 0 Å². The fraction of sp³-hybridized carbons (Fsp3) is 0.500. The highest BCUT2D eigenvalue weighted by atomic mass is 32.3. The van der Waals surface area contributed by atoms with Crippen LogP contribution in [0.15, 0.2) is 54.6 Å². The van der Waals surface area contributed by atoms with E-state index in [2.05, 4.69) is 57.6 Å². The number of anilines is 2. The lowest BCUT2D eigenvalue weighted by Gasteiger charge is -2.41. The molecule has 2 saturated heterocycles. The van der Waals surface area contributed by atoms with Gasteiger partial charge in [-0.1, -0.05) is 66.6 Å². The molecule has 3 N–H and O–H groups in total. The fourth-order valence-corrected chi connectivity index (χ4v) is 9.31. The second-order valence-corrected chi connectivity index (χ2v) is 16.3. The van der Waals surface area contributed by atoms with Gasteiger partial charge in [0.25, 0.3) is 0 Å². The minimum Gasteiger partial charge on any atom is -0.370 e. The van der Waals surface area contributed by atoms with Crippen molar-refractivity contribution in [3.8, 4) is 16.5 Å². The third-order valence-electron chi connectivity index (χ3n) is 9.80. The number of hydrogen-bond acceptors (Lipinski definition) is 9. The van der Waals surface area contributed by atoms with Crippen LogP contribution in [-0.4, -0.2) is 69.8 Å². The summed E-state index contributed by atoms with van der Waals surface area (Å²) in [6.45, 7) is 3.33. The number of nitriles is 1. The van der Waals surface area contributed by atoms with E-state index in [1.54, 1.807) is 11.3 Å². The molecular weight excluding hydrogens is 607 g/mol. The molecule has 1 unspecified atom stereocenters. The Morgan fingerprint density at radius 1 is 1.02 bits per heavy atom. The Morgan fingerprint density at radius 2 is 1.76 bits per heavy atom. The monoisotopic (exact) mass is 647 g/mol. The number of carbonyl (C=O) groups is 1. The van der Waals surface area contributed by atoms with Crippen molar-refractivity contribution in [3.63, 3.8) is 0 Å². The number of hydrogen-bond donors (Lipinski definition) is 3. The number of ether oxygens (including phenoxy) is 1. The van der Waals surface area contributed by atoms with E-state index in [1.165, 1.54) is 0 Å². The van der Waals surface area contributed by atoms with E-state index in [-0.39, 0.29) is 23.8 Å². The molecule has 0 radical (unpaired) electrons. The smallest absolute Gasteiger partial charge is 0.225 e. The van der Waals surface area contributed by atoms with Crippen molar-refractivity contribution in [1.82, 2.24) is 10.3 Å². The van der Waals surface area contributed by atoms with Crippen molar-refractivity contribution in [2.75, 3.05) is 54.1 Å². The minimum absolute atomic E-state index is 0.0128. The van der Waals surface area contributed by atoms with E-state index in [0.29, 0.717) is 37.7 Å². The van der Waals surface area contributed by atoms with Gasteiger partial charge in [-0.25, -0.2) is 4.98 Å². The number of nitrogens with zero attached hydrogens (tertiary/aromatic N) is 4. The third kappa shape index (κ3) is 6.58. The van der Waals surface area contributed by atoms with Gasteiger partial charge in [-0.2, -0.15) is 15.9 Å². The van der Waals surface area contributed by atoms with Crippen LogP contribution in [0, 0.1) is 17.2 Å². The molecule has 7 rings (SSSR count). The Bertz CT molecular complexity index is 1540. The molecule has 238 valence electrons. The summed E-state index contributed by atoms with van der Waals surface area (Å²) in [7, 11) is -2.46. The maximum Gasteiger partial charge on any atom is 0.225 e. The Balaban J connectivity index is 1.20. The number of aromatic nitrogens is 1. The van der Waals surface area contributed by atoms with E-state index >= 15 is 0 Å². The SMILES string of the molecule is N#CC1(NC(=O)[C@@H]2CCCC[C@H]2c2nc(N3CCOC(c4ccccc4)C3)sc2-c2ccc(N3CCS(O)(O)CC3)cc2)CC1. The number of carbonyl (C=O) groups excluding carboxylic acids is 1. The Morgan fingerprint density at radius 3 is 2.47 bits per heavy atom. The zero-order chi connectivity index (χ0) is 31.0. The van der Waals surface area contributed by atoms with Gasteiger partial charge in [0, 0.05) is 37.2 Å². The van der Waals surface area contributed by atoms with Gasteiger partial charge in [0.2, 0.25) is 5.91 Å². The summed E-state index contributed by atoms with van der Waals surface area (Å²) in [4.78, 5) is 24.6. The predicted molar refractivity (Wildman–Crippen MR) is 180 cm³/mol. The Hall–Kier alpha value is -3.14. The molecule has 2 saturated carbocycles. The molecule has 45 heavy (non-hydrogen) atoms. The summed E-state index contributed by atoms with van der Waals surface area (Å²) in [6, 6.07) is 21.2. The van der Waals surface area contributed by atoms with E-state index < -0.39 is 16.1 Å². The largest absolute Gasteiger partial charge is 0.370 e. The molecule has 0 bridgehead atoms. The molecule has 1 amide bonds. The topological polar surface area (TPSA) is 122 Å². The van der Waals surface area contributed by atoms with E-state index in [0.717, 1.165) is 77.6 Å². The van der Waals surface area contributed by atoms with Crippen LogP contribution < -0.4 is 15.1 Å². The first-order valence-electron chi connectivity index (χ1n) is 16.1. The molecule has 4 aliphatic rings. The third-order valence-corrected chi connectivity index (χ3v) is 12.7. The second kappa shape index (κ2) is 12.6. The fourth-order valence-electron chi connectivity index (χ4n) is 6.90. The molecule has 3 atom stereocenters. The molecule has 11 heteroatoms. The summed E-state index contributed by atoms with van der Waals surface area (Å²) < 4.78 is 26.3. The van der Waals surface area contributed by atoms with Crippen LogP contribution in [-0.2, 0) is 9.53 Å². The van der Waals surface area contributed by atoms with Gasteiger partial charge in [-0.15, -0.1) is 0 Å². The van der Waals surface area contributed by atoms with Crippen LogP contribution in [0.5, 0.6) is 0 Å². The highest BCUT2D eigenvalue weighted by molar-refractivity contribution is 8.24. The van der Waals surface area contributed by atoms with E-state index in [1.807, 2.05) is 18.2 Å². The molecule has 2 aliphatic heterocycles. The van der Waals surface area contributed by atoms with Crippen LogP contribution in [0.25, 0.3) is 10.4 Å². The summed E-state index contributed by atoms with van der Waals surface area (Å²) in [5, 5.41) is 13.7. The molecule has 3 heterocycles. The quantitative estimate of drug-likeness (QED) is 0.269. The number of benzene rings is 2. The first kappa shape index (κ1) is 30.5. The maximum atomic E-state index is 13.7. The van der Waals surface area contributed by atoms with E-state index in [4.69, 9.17) is 9.72 Å². The predicted octanol–water partition coefficient (Wildman–Crippen LogP) is 6.40. The summed E-state index contributed by atoms with van der Waals surface area (Å²) in [5.41, 5.74) is 3.60. The van der Waals surface area contributed by atoms with Crippen molar-refractivity contribution in [3.05, 3.63) is 65.9 Å². The van der Waals surface area contributed by atoms with Crippen LogP contribution in [0.4, 0.5) is 10.8 Å². The normalized spacial score (nSPS) is 26.5. The highest BCUT2D eigenvalue weighted by Crippen LogP contribution is 2.47. The lowest BCUT2D eigenvalue weighted by atomic mass is 9.76. The molecule has 9 nitrogen and oxygen atoms in total. The second-order valence-electron chi connectivity index (χ2n) is 12.9. The van der Waals surface area contributed by atoms with Crippen molar-refractivity contribution in [2.45, 2.75) is 56.1 Å². The number of amides is 1. The molecule has 2 aliphatic carbocycles. The zero-order valence-corrected chi connectivity index (χ0v) is 27.1. The maximum absolute atomic E-state index is 13.7. The van der Waals surface area contributed by atoms with Crippen LogP contribution in [0.1, 0.15) is 61.8 Å². The van der Waals surface area contributed by atoms with Crippen molar-refractivity contribution in [1.29, 1.82) is 5.26 Å². The number of nitrogens with one attached hydrogen (secondary N) is 1. The highest BCUT2D eigenvalue weighted by Gasteiger charge is 2.47. The van der Waals surface area contributed by atoms with E-state index in [9.17, 15) is 19.2 Å². The minimum atomic E-state index is -2.46.